The summed E-state index contributed by atoms with van der Waals surface area (Å²) < 4.78 is 0. The molecule has 0 N–H and O–H groups in total. The lowest BCUT2D eigenvalue weighted by Gasteiger charge is -2.47. The Bertz CT molecular complexity index is 279. The van der Waals surface area contributed by atoms with Crippen molar-refractivity contribution in [3.63, 3.8) is 0 Å². The summed E-state index contributed by atoms with van der Waals surface area (Å²) in [5.41, 5.74) is 0.791. The molecule has 0 amide bonds. The first kappa shape index (κ1) is 20.0. The molecule has 0 aromatic heterocycles. The van der Waals surface area contributed by atoms with Crippen LogP contribution in [0, 0.1) is 46.3 Å². The Balaban J connectivity index is 5.11. The highest BCUT2D eigenvalue weighted by molar-refractivity contribution is 4.89. The van der Waals surface area contributed by atoms with Crippen molar-refractivity contribution in [2.45, 2.75) is 83.1 Å². The van der Waals surface area contributed by atoms with Crippen LogP contribution < -0.4 is 0 Å². The first-order valence-electron chi connectivity index (χ1n) is 8.74. The third-order valence-electron chi connectivity index (χ3n) is 7.13. The van der Waals surface area contributed by atoms with Gasteiger partial charge in [-0.1, -0.05) is 83.1 Å². The van der Waals surface area contributed by atoms with Gasteiger partial charge in [0.05, 0.1) is 0 Å². The van der Waals surface area contributed by atoms with Gasteiger partial charge in [0.25, 0.3) is 0 Å². The van der Waals surface area contributed by atoms with E-state index in [1.807, 2.05) is 0 Å². The van der Waals surface area contributed by atoms with Crippen LogP contribution in [0.25, 0.3) is 0 Å². The van der Waals surface area contributed by atoms with E-state index in [9.17, 15) is 0 Å². The smallest absolute Gasteiger partial charge is 0.0298 e. The minimum Gasteiger partial charge on any atom is -0.0625 e. The number of rotatable bonds is 6. The van der Waals surface area contributed by atoms with Gasteiger partial charge in [0, 0.05) is 0 Å². The highest BCUT2D eigenvalue weighted by Crippen LogP contribution is 2.47. The fourth-order valence-corrected chi connectivity index (χ4v) is 3.57. The Hall–Kier alpha value is 0. The van der Waals surface area contributed by atoms with Gasteiger partial charge in [-0.15, -0.1) is 0 Å². The average molecular weight is 283 g/mol. The molecular weight excluding hydrogens is 240 g/mol. The normalized spacial score (nSPS) is 21.4. The average Bonchev–Trinajstić information content (AvgIpc) is 2.32. The van der Waals surface area contributed by atoms with Crippen LogP contribution in [0.15, 0.2) is 0 Å². The predicted octanol–water partition coefficient (Wildman–Crippen LogP) is 6.90. The zero-order valence-corrected chi connectivity index (χ0v) is 16.5. The van der Waals surface area contributed by atoms with Gasteiger partial charge >= 0.3 is 0 Å². The van der Waals surface area contributed by atoms with Gasteiger partial charge in [0.2, 0.25) is 0 Å². The number of hydrogen-bond acceptors (Lipinski definition) is 0. The van der Waals surface area contributed by atoms with E-state index in [-0.39, 0.29) is 0 Å². The van der Waals surface area contributed by atoms with Crippen molar-refractivity contribution in [3.05, 3.63) is 0 Å². The molecule has 0 heteroatoms. The summed E-state index contributed by atoms with van der Waals surface area (Å²) in [5.74, 6) is 4.56. The second-order valence-corrected chi connectivity index (χ2v) is 9.52. The maximum absolute atomic E-state index is 2.49. The van der Waals surface area contributed by atoms with Gasteiger partial charge in [-0.2, -0.15) is 0 Å². The van der Waals surface area contributed by atoms with Crippen LogP contribution >= 0.6 is 0 Å². The van der Waals surface area contributed by atoms with Crippen molar-refractivity contribution in [1.29, 1.82) is 0 Å². The number of hydrogen-bond donors (Lipinski definition) is 0. The lowest BCUT2D eigenvalue weighted by molar-refractivity contribution is 0.0138. The molecule has 0 aromatic carbocycles. The fraction of sp³-hybridized carbons (Fsp3) is 1.00. The summed E-state index contributed by atoms with van der Waals surface area (Å²) >= 11 is 0. The van der Waals surface area contributed by atoms with E-state index in [1.165, 1.54) is 0 Å². The molecule has 0 aliphatic heterocycles. The van der Waals surface area contributed by atoms with Gasteiger partial charge in [-0.05, 0) is 46.3 Å². The molecule has 0 aliphatic carbocycles. The van der Waals surface area contributed by atoms with Crippen molar-refractivity contribution in [2.24, 2.45) is 46.3 Å². The Morgan fingerprint density at radius 2 is 0.850 bits per heavy atom. The second-order valence-electron chi connectivity index (χ2n) is 9.52. The van der Waals surface area contributed by atoms with Crippen LogP contribution in [-0.2, 0) is 0 Å². The molecule has 0 saturated heterocycles. The molecule has 0 aromatic rings. The Morgan fingerprint density at radius 3 is 1.15 bits per heavy atom. The molecular formula is C20H42. The zero-order valence-electron chi connectivity index (χ0n) is 16.5. The lowest BCUT2D eigenvalue weighted by Crippen LogP contribution is -2.41. The van der Waals surface area contributed by atoms with Crippen LogP contribution in [0.1, 0.15) is 83.1 Å². The zero-order chi connectivity index (χ0) is 16.5. The summed E-state index contributed by atoms with van der Waals surface area (Å²) in [5, 5.41) is 0. The topological polar surface area (TPSA) is 0 Å². The third kappa shape index (κ3) is 4.50. The van der Waals surface area contributed by atoms with E-state index in [0.29, 0.717) is 10.8 Å². The largest absolute Gasteiger partial charge is 0.0625 e. The predicted molar refractivity (Wildman–Crippen MR) is 93.9 cm³/mol. The van der Waals surface area contributed by atoms with E-state index in [0.717, 1.165) is 35.5 Å². The summed E-state index contributed by atoms with van der Waals surface area (Å²) in [6, 6.07) is 0. The Labute approximate surface area is 130 Å². The summed E-state index contributed by atoms with van der Waals surface area (Å²) in [4.78, 5) is 0. The van der Waals surface area contributed by atoms with Crippen LogP contribution in [0.4, 0.5) is 0 Å². The van der Waals surface area contributed by atoms with Gasteiger partial charge in [-0.25, -0.2) is 0 Å². The highest BCUT2D eigenvalue weighted by Gasteiger charge is 2.41. The maximum Gasteiger partial charge on any atom is -0.0298 e. The molecule has 0 saturated carbocycles. The first-order chi connectivity index (χ1) is 8.74. The van der Waals surface area contributed by atoms with Crippen LogP contribution in [0.3, 0.4) is 0 Å². The van der Waals surface area contributed by atoms with Crippen molar-refractivity contribution in [3.8, 4) is 0 Å². The third-order valence-corrected chi connectivity index (χ3v) is 7.13. The van der Waals surface area contributed by atoms with Crippen LogP contribution in [0.5, 0.6) is 0 Å². The van der Waals surface area contributed by atoms with Gasteiger partial charge < -0.3 is 0 Å². The molecule has 0 aliphatic rings. The molecule has 20 heavy (non-hydrogen) atoms. The van der Waals surface area contributed by atoms with E-state index < -0.39 is 0 Å². The van der Waals surface area contributed by atoms with Gasteiger partial charge in [-0.3, -0.25) is 0 Å². The molecule has 5 unspecified atom stereocenters. The lowest BCUT2D eigenvalue weighted by atomic mass is 9.58. The van der Waals surface area contributed by atoms with Crippen molar-refractivity contribution in [1.82, 2.24) is 0 Å². The standard InChI is InChI=1S/C20H42/c1-13(2)14(3)17(6)20(11,12)18(7)15(4)16(5)19(8,9)10/h13-18H,1-12H3. The van der Waals surface area contributed by atoms with E-state index in [2.05, 4.69) is 83.1 Å². The van der Waals surface area contributed by atoms with Crippen LogP contribution in [0.2, 0.25) is 0 Å². The molecule has 0 spiro atoms. The molecule has 0 rings (SSSR count). The van der Waals surface area contributed by atoms with E-state index >= 15 is 0 Å². The molecule has 0 nitrogen and oxygen atoms in total. The van der Waals surface area contributed by atoms with Crippen molar-refractivity contribution >= 4 is 0 Å². The molecule has 122 valence electrons. The van der Waals surface area contributed by atoms with Crippen molar-refractivity contribution < 1.29 is 0 Å². The first-order valence-corrected chi connectivity index (χ1v) is 8.74. The summed E-state index contributed by atoms with van der Waals surface area (Å²) in [6.07, 6.45) is 0. The van der Waals surface area contributed by atoms with E-state index in [1.54, 1.807) is 0 Å². The molecule has 5 atom stereocenters. The van der Waals surface area contributed by atoms with Crippen LogP contribution in [-0.4, -0.2) is 0 Å². The molecule has 0 bridgehead atoms. The minimum absolute atomic E-state index is 0.391. The maximum atomic E-state index is 2.49. The van der Waals surface area contributed by atoms with Crippen molar-refractivity contribution in [2.75, 3.05) is 0 Å². The summed E-state index contributed by atoms with van der Waals surface area (Å²) in [6.45, 7) is 29.2. The Kier molecular flexibility index (Phi) is 6.84. The van der Waals surface area contributed by atoms with Gasteiger partial charge in [0.15, 0.2) is 0 Å². The Morgan fingerprint density at radius 1 is 0.500 bits per heavy atom. The SMILES string of the molecule is CC(C)C(C)C(C)C(C)(C)C(C)C(C)C(C)C(C)(C)C. The molecule has 0 heterocycles. The quantitative estimate of drug-likeness (QED) is 0.497. The van der Waals surface area contributed by atoms with E-state index in [4.69, 9.17) is 0 Å². The highest BCUT2D eigenvalue weighted by atomic mass is 14.5. The van der Waals surface area contributed by atoms with Gasteiger partial charge in [0.1, 0.15) is 0 Å². The molecule has 0 radical (unpaired) electrons. The summed E-state index contributed by atoms with van der Waals surface area (Å²) in [7, 11) is 0. The monoisotopic (exact) mass is 282 g/mol. The second kappa shape index (κ2) is 6.84. The fourth-order valence-electron chi connectivity index (χ4n) is 3.57. The minimum atomic E-state index is 0.391. The molecule has 0 fully saturated rings.